The highest BCUT2D eigenvalue weighted by Gasteiger charge is 2.25. The molecule has 7 heteroatoms. The molecule has 36 heavy (non-hydrogen) atoms. The molecule has 0 saturated heterocycles. The Hall–Kier alpha value is -4.26. The number of para-hydroxylation sites is 2. The predicted molar refractivity (Wildman–Crippen MR) is 144 cm³/mol. The Morgan fingerprint density at radius 3 is 2.36 bits per heavy atom. The van der Waals surface area contributed by atoms with Gasteiger partial charge in [0.15, 0.2) is 0 Å². The monoisotopic (exact) mass is 482 g/mol. The summed E-state index contributed by atoms with van der Waals surface area (Å²) >= 11 is 0. The van der Waals surface area contributed by atoms with E-state index in [4.69, 9.17) is 0 Å². The molecular formula is C29H30N4O3. The van der Waals surface area contributed by atoms with Gasteiger partial charge in [0.2, 0.25) is 11.8 Å². The number of fused-ring (bicyclic) bond motifs is 1. The van der Waals surface area contributed by atoms with Crippen molar-refractivity contribution >= 4 is 34.2 Å². The number of carbonyl (C=O) groups excluding carboxylic acids is 2. The van der Waals surface area contributed by atoms with E-state index in [9.17, 15) is 14.4 Å². The molecule has 0 spiro atoms. The van der Waals surface area contributed by atoms with E-state index in [2.05, 4.69) is 22.5 Å². The third-order valence-corrected chi connectivity index (χ3v) is 6.17. The first-order valence-electron chi connectivity index (χ1n) is 12.1. The molecule has 7 nitrogen and oxygen atoms in total. The second kappa shape index (κ2) is 10.6. The van der Waals surface area contributed by atoms with E-state index in [0.717, 1.165) is 12.0 Å². The minimum atomic E-state index is -0.760. The lowest BCUT2D eigenvalue weighted by atomic mass is 10.0. The first-order chi connectivity index (χ1) is 17.3. The van der Waals surface area contributed by atoms with Gasteiger partial charge in [0, 0.05) is 18.2 Å². The Morgan fingerprint density at radius 1 is 0.972 bits per heavy atom. The highest BCUT2D eigenvalue weighted by atomic mass is 16.2. The van der Waals surface area contributed by atoms with Crippen molar-refractivity contribution < 1.29 is 9.59 Å². The van der Waals surface area contributed by atoms with Crippen molar-refractivity contribution in [3.8, 4) is 11.3 Å². The van der Waals surface area contributed by atoms with Crippen molar-refractivity contribution in [1.29, 1.82) is 0 Å². The van der Waals surface area contributed by atoms with Gasteiger partial charge in [0.25, 0.3) is 5.56 Å². The second-order valence-electron chi connectivity index (χ2n) is 8.82. The van der Waals surface area contributed by atoms with Gasteiger partial charge in [0.05, 0.1) is 16.7 Å². The quantitative estimate of drug-likeness (QED) is 0.365. The zero-order chi connectivity index (χ0) is 25.8. The van der Waals surface area contributed by atoms with Crippen LogP contribution in [0.5, 0.6) is 0 Å². The maximum atomic E-state index is 14.0. The molecule has 3 aromatic carbocycles. The zero-order valence-electron chi connectivity index (χ0n) is 21.0. The number of nitrogens with zero attached hydrogens (tertiary/aromatic N) is 2. The summed E-state index contributed by atoms with van der Waals surface area (Å²) < 4.78 is 1.52. The molecule has 0 saturated carbocycles. The van der Waals surface area contributed by atoms with E-state index in [-0.39, 0.29) is 17.5 Å². The Balaban J connectivity index is 1.87. The Kier molecular flexibility index (Phi) is 7.29. The third-order valence-electron chi connectivity index (χ3n) is 6.17. The molecule has 0 aliphatic carbocycles. The van der Waals surface area contributed by atoms with Gasteiger partial charge in [-0.15, -0.1) is 0 Å². The topological polar surface area (TPSA) is 93.1 Å². The number of aromatic nitrogens is 2. The minimum absolute atomic E-state index is 0.180. The first-order valence-corrected chi connectivity index (χ1v) is 12.1. The molecule has 0 aliphatic rings. The van der Waals surface area contributed by atoms with Gasteiger partial charge in [-0.1, -0.05) is 49.7 Å². The number of rotatable bonds is 7. The number of carbonyl (C=O) groups is 2. The van der Waals surface area contributed by atoms with Crippen LogP contribution in [0.25, 0.3) is 22.3 Å². The summed E-state index contributed by atoms with van der Waals surface area (Å²) in [6, 6.07) is 19.7. The van der Waals surface area contributed by atoms with Crippen LogP contribution in [0.2, 0.25) is 0 Å². The Bertz CT molecular complexity index is 1490. The number of hydrogen-bond donors (Lipinski definition) is 2. The number of nitrogens with one attached hydrogen (secondary N) is 2. The van der Waals surface area contributed by atoms with Gasteiger partial charge >= 0.3 is 0 Å². The maximum Gasteiger partial charge on any atom is 0.278 e. The highest BCUT2D eigenvalue weighted by molar-refractivity contribution is 5.96. The fraction of sp³-hybridized carbons (Fsp3) is 0.241. The molecule has 1 heterocycles. The fourth-order valence-corrected chi connectivity index (χ4v) is 4.33. The van der Waals surface area contributed by atoms with Crippen molar-refractivity contribution in [2.45, 2.75) is 46.6 Å². The minimum Gasteiger partial charge on any atom is -0.326 e. The smallest absolute Gasteiger partial charge is 0.278 e. The number of benzene rings is 3. The lowest BCUT2D eigenvalue weighted by Gasteiger charge is -2.21. The fourth-order valence-electron chi connectivity index (χ4n) is 4.33. The summed E-state index contributed by atoms with van der Waals surface area (Å²) in [5.74, 6) is -0.529. The molecule has 4 aromatic rings. The van der Waals surface area contributed by atoms with E-state index in [1.807, 2.05) is 68.4 Å². The van der Waals surface area contributed by atoms with Crippen LogP contribution in [0.1, 0.15) is 44.4 Å². The summed E-state index contributed by atoms with van der Waals surface area (Å²) in [7, 11) is 0. The average molecular weight is 483 g/mol. The first kappa shape index (κ1) is 24.9. The molecule has 2 amide bonds. The molecule has 0 bridgehead atoms. The van der Waals surface area contributed by atoms with Crippen LogP contribution in [0.3, 0.4) is 0 Å². The van der Waals surface area contributed by atoms with E-state index in [1.165, 1.54) is 17.1 Å². The lowest BCUT2D eigenvalue weighted by Crippen LogP contribution is -2.34. The summed E-state index contributed by atoms with van der Waals surface area (Å²) in [6.45, 7) is 7.28. The number of aryl methyl sites for hydroxylation is 2. The summed E-state index contributed by atoms with van der Waals surface area (Å²) in [6.07, 6.45) is 1.31. The van der Waals surface area contributed by atoms with Gasteiger partial charge in [-0.05, 0) is 61.7 Å². The molecule has 0 radical (unpaired) electrons. The normalized spacial score (nSPS) is 11.8. The molecule has 0 fully saturated rings. The van der Waals surface area contributed by atoms with Crippen LogP contribution < -0.4 is 16.2 Å². The lowest BCUT2D eigenvalue weighted by molar-refractivity contribution is -0.119. The SMILES string of the molecule is CCc1ccc(NC(=O)[C@@H](CC)n2c(=O)c(-c3cc(C)ccc3NC(C)=O)nc3ccccc32)cc1. The van der Waals surface area contributed by atoms with Crippen LogP contribution in [-0.2, 0) is 16.0 Å². The summed E-state index contributed by atoms with van der Waals surface area (Å²) in [5, 5.41) is 5.76. The van der Waals surface area contributed by atoms with E-state index >= 15 is 0 Å². The van der Waals surface area contributed by atoms with Crippen molar-refractivity contribution in [3.05, 3.63) is 88.2 Å². The third kappa shape index (κ3) is 5.05. The zero-order valence-corrected chi connectivity index (χ0v) is 21.0. The number of anilines is 2. The maximum absolute atomic E-state index is 14.0. The molecule has 2 N–H and O–H groups in total. The van der Waals surface area contributed by atoms with Crippen molar-refractivity contribution in [2.75, 3.05) is 10.6 Å². The molecule has 184 valence electrons. The molecule has 0 unspecified atom stereocenters. The molecule has 1 aromatic heterocycles. The van der Waals surface area contributed by atoms with Gasteiger partial charge in [-0.3, -0.25) is 19.0 Å². The average Bonchev–Trinajstić information content (AvgIpc) is 2.87. The van der Waals surface area contributed by atoms with E-state index in [1.54, 1.807) is 12.1 Å². The van der Waals surface area contributed by atoms with Crippen LogP contribution in [-0.4, -0.2) is 21.4 Å². The predicted octanol–water partition coefficient (Wildman–Crippen LogP) is 5.48. The molecule has 1 atom stereocenters. The van der Waals surface area contributed by atoms with E-state index in [0.29, 0.717) is 34.4 Å². The number of hydrogen-bond acceptors (Lipinski definition) is 4. The van der Waals surface area contributed by atoms with Crippen molar-refractivity contribution in [2.24, 2.45) is 0 Å². The second-order valence-corrected chi connectivity index (χ2v) is 8.82. The summed E-state index contributed by atoms with van der Waals surface area (Å²) in [4.78, 5) is 44.0. The summed E-state index contributed by atoms with van der Waals surface area (Å²) in [5.41, 5.74) is 4.72. The van der Waals surface area contributed by atoms with E-state index < -0.39 is 11.6 Å². The molecular weight excluding hydrogens is 452 g/mol. The van der Waals surface area contributed by atoms with Gasteiger partial charge < -0.3 is 10.6 Å². The van der Waals surface area contributed by atoms with Gasteiger partial charge in [-0.2, -0.15) is 0 Å². The largest absolute Gasteiger partial charge is 0.326 e. The molecule has 0 aliphatic heterocycles. The Labute approximate surface area is 210 Å². The van der Waals surface area contributed by atoms with Crippen LogP contribution in [0, 0.1) is 6.92 Å². The Morgan fingerprint density at radius 2 is 1.69 bits per heavy atom. The van der Waals surface area contributed by atoms with Crippen LogP contribution in [0.4, 0.5) is 11.4 Å². The van der Waals surface area contributed by atoms with Gasteiger partial charge in [-0.25, -0.2) is 4.98 Å². The van der Waals surface area contributed by atoms with Crippen molar-refractivity contribution in [3.63, 3.8) is 0 Å². The van der Waals surface area contributed by atoms with Crippen LogP contribution in [0.15, 0.2) is 71.5 Å². The standard InChI is InChI=1S/C29H30N4O3/c1-5-20-12-14-21(15-13-20)31-28(35)25(6-2)33-26-10-8-7-9-24(26)32-27(29(33)36)22-17-18(3)11-16-23(22)30-19(4)34/h7-17,25H,5-6H2,1-4H3,(H,30,34)(H,31,35)/t25-/m1/s1. The number of amides is 2. The van der Waals surface area contributed by atoms with Crippen molar-refractivity contribution in [1.82, 2.24) is 9.55 Å². The van der Waals surface area contributed by atoms with Crippen LogP contribution >= 0.6 is 0 Å². The van der Waals surface area contributed by atoms with Gasteiger partial charge in [0.1, 0.15) is 11.7 Å². The molecule has 4 rings (SSSR count). The highest BCUT2D eigenvalue weighted by Crippen LogP contribution is 2.29.